The number of aromatic nitrogens is 5. The average molecular weight is 353 g/mol. The molecule has 26 heavy (non-hydrogen) atoms. The Balaban J connectivity index is 1.36. The predicted octanol–water partition coefficient (Wildman–Crippen LogP) is 3.03. The number of aryl methyl sites for hydroxylation is 1. The normalized spacial score (nSPS) is 15.4. The number of rotatable bonds is 6. The zero-order chi connectivity index (χ0) is 17.8. The van der Waals surface area contributed by atoms with E-state index in [1.165, 1.54) is 38.2 Å². The first-order chi connectivity index (χ1) is 12.8. The highest BCUT2D eigenvalue weighted by Gasteiger charge is 2.19. The quantitative estimate of drug-likeness (QED) is 0.689. The van der Waals surface area contributed by atoms with Crippen LogP contribution in [0.2, 0.25) is 0 Å². The summed E-state index contributed by atoms with van der Waals surface area (Å²) in [4.78, 5) is 14.3. The molecule has 0 saturated heterocycles. The van der Waals surface area contributed by atoms with Crippen molar-refractivity contribution in [2.24, 2.45) is 0 Å². The Hall–Kier alpha value is -2.70. The van der Waals surface area contributed by atoms with Gasteiger partial charge in [-0.05, 0) is 47.9 Å². The van der Waals surface area contributed by atoms with E-state index in [1.54, 1.807) is 6.07 Å². The minimum atomic E-state index is -0.107. The molecule has 1 fully saturated rings. The number of nitrogens with one attached hydrogen (secondary N) is 1. The first-order valence-electron chi connectivity index (χ1n) is 9.33. The van der Waals surface area contributed by atoms with Crippen LogP contribution in [-0.2, 0) is 6.42 Å². The lowest BCUT2D eigenvalue weighted by molar-refractivity contribution is 0.299. The number of benzene rings is 1. The standard InChI is InChI=1S/C19H23N5O2/c25-19-12-11-15-16(20-19)8-4-9-17(15)26-13-5-10-18-21-22-23-24(18)14-6-2-1-3-7-14/h4,8-9,11-12,14H,1-3,5-7,10,13H2,(H,20,25). The van der Waals surface area contributed by atoms with E-state index in [-0.39, 0.29) is 5.56 Å². The minimum absolute atomic E-state index is 0.107. The van der Waals surface area contributed by atoms with Gasteiger partial charge in [0, 0.05) is 17.9 Å². The van der Waals surface area contributed by atoms with Gasteiger partial charge in [-0.25, -0.2) is 4.68 Å². The molecule has 0 bridgehead atoms. The van der Waals surface area contributed by atoms with Gasteiger partial charge in [-0.15, -0.1) is 5.10 Å². The van der Waals surface area contributed by atoms with Crippen molar-refractivity contribution in [2.75, 3.05) is 6.61 Å². The lowest BCUT2D eigenvalue weighted by Crippen LogP contribution is -2.17. The van der Waals surface area contributed by atoms with E-state index in [0.29, 0.717) is 12.6 Å². The van der Waals surface area contributed by atoms with Crippen LogP contribution in [-0.4, -0.2) is 31.8 Å². The van der Waals surface area contributed by atoms with Gasteiger partial charge >= 0.3 is 0 Å². The molecule has 2 heterocycles. The highest BCUT2D eigenvalue weighted by molar-refractivity contribution is 5.84. The zero-order valence-corrected chi connectivity index (χ0v) is 14.7. The third-order valence-electron chi connectivity index (χ3n) is 5.01. The van der Waals surface area contributed by atoms with Crippen LogP contribution in [0.4, 0.5) is 0 Å². The van der Waals surface area contributed by atoms with Crippen LogP contribution in [0, 0.1) is 0 Å². The van der Waals surface area contributed by atoms with Gasteiger partial charge in [0.2, 0.25) is 5.56 Å². The van der Waals surface area contributed by atoms with Gasteiger partial charge < -0.3 is 9.72 Å². The molecular formula is C19H23N5O2. The molecule has 3 aromatic rings. The van der Waals surface area contributed by atoms with Gasteiger partial charge in [-0.2, -0.15) is 0 Å². The molecule has 0 spiro atoms. The molecule has 1 saturated carbocycles. The van der Waals surface area contributed by atoms with E-state index in [9.17, 15) is 4.79 Å². The van der Waals surface area contributed by atoms with Crippen molar-refractivity contribution in [1.82, 2.24) is 25.2 Å². The molecule has 0 amide bonds. The molecule has 0 radical (unpaired) electrons. The molecule has 4 rings (SSSR count). The molecular weight excluding hydrogens is 330 g/mol. The second kappa shape index (κ2) is 7.68. The second-order valence-electron chi connectivity index (χ2n) is 6.82. The molecule has 7 nitrogen and oxygen atoms in total. The van der Waals surface area contributed by atoms with Crippen molar-refractivity contribution in [1.29, 1.82) is 0 Å². The number of hydrogen-bond acceptors (Lipinski definition) is 5. The average Bonchev–Trinajstić information content (AvgIpc) is 3.14. The summed E-state index contributed by atoms with van der Waals surface area (Å²) >= 11 is 0. The fraction of sp³-hybridized carbons (Fsp3) is 0.474. The van der Waals surface area contributed by atoms with Crippen molar-refractivity contribution < 1.29 is 4.74 Å². The Kier molecular flexibility index (Phi) is 4.95. The summed E-state index contributed by atoms with van der Waals surface area (Å²) in [6, 6.07) is 9.46. The van der Waals surface area contributed by atoms with E-state index in [0.717, 1.165) is 35.3 Å². The fourth-order valence-corrected chi connectivity index (χ4v) is 3.68. The third kappa shape index (κ3) is 3.61. The van der Waals surface area contributed by atoms with Gasteiger partial charge in [-0.1, -0.05) is 25.3 Å². The zero-order valence-electron chi connectivity index (χ0n) is 14.7. The predicted molar refractivity (Wildman–Crippen MR) is 98.3 cm³/mol. The van der Waals surface area contributed by atoms with E-state index in [1.807, 2.05) is 22.9 Å². The Morgan fingerprint density at radius 3 is 2.92 bits per heavy atom. The van der Waals surface area contributed by atoms with Gasteiger partial charge in [0.1, 0.15) is 5.75 Å². The second-order valence-corrected chi connectivity index (χ2v) is 6.82. The van der Waals surface area contributed by atoms with Gasteiger partial charge in [0.05, 0.1) is 18.2 Å². The first kappa shape index (κ1) is 16.8. The van der Waals surface area contributed by atoms with E-state index in [2.05, 4.69) is 20.5 Å². The summed E-state index contributed by atoms with van der Waals surface area (Å²) in [7, 11) is 0. The largest absolute Gasteiger partial charge is 0.493 e. The number of hydrogen-bond donors (Lipinski definition) is 1. The Morgan fingerprint density at radius 1 is 1.15 bits per heavy atom. The Morgan fingerprint density at radius 2 is 2.04 bits per heavy atom. The van der Waals surface area contributed by atoms with Gasteiger partial charge in [0.25, 0.3) is 0 Å². The maximum absolute atomic E-state index is 11.4. The van der Waals surface area contributed by atoms with Gasteiger partial charge in [-0.3, -0.25) is 4.79 Å². The molecule has 0 unspecified atom stereocenters. The van der Waals surface area contributed by atoms with Crippen molar-refractivity contribution in [2.45, 2.75) is 51.0 Å². The number of aromatic amines is 1. The van der Waals surface area contributed by atoms with Crippen molar-refractivity contribution in [3.05, 3.63) is 46.5 Å². The summed E-state index contributed by atoms with van der Waals surface area (Å²) in [6.07, 6.45) is 7.81. The van der Waals surface area contributed by atoms with Crippen LogP contribution >= 0.6 is 0 Å². The Bertz CT molecular complexity index is 927. The first-order valence-corrected chi connectivity index (χ1v) is 9.33. The number of fused-ring (bicyclic) bond motifs is 1. The highest BCUT2D eigenvalue weighted by Crippen LogP contribution is 2.28. The topological polar surface area (TPSA) is 85.7 Å². The lowest BCUT2D eigenvalue weighted by atomic mass is 9.95. The smallest absolute Gasteiger partial charge is 0.248 e. The summed E-state index contributed by atoms with van der Waals surface area (Å²) in [5, 5.41) is 13.2. The van der Waals surface area contributed by atoms with Crippen molar-refractivity contribution in [3.8, 4) is 5.75 Å². The number of pyridine rings is 1. The fourth-order valence-electron chi connectivity index (χ4n) is 3.68. The van der Waals surface area contributed by atoms with E-state index >= 15 is 0 Å². The summed E-state index contributed by atoms with van der Waals surface area (Å²) in [5.41, 5.74) is 0.681. The van der Waals surface area contributed by atoms with Crippen molar-refractivity contribution in [3.63, 3.8) is 0 Å². The lowest BCUT2D eigenvalue weighted by Gasteiger charge is -2.22. The highest BCUT2D eigenvalue weighted by atomic mass is 16.5. The van der Waals surface area contributed by atoms with Crippen LogP contribution in [0.25, 0.3) is 10.9 Å². The Labute approximate surface area is 151 Å². The third-order valence-corrected chi connectivity index (χ3v) is 5.01. The van der Waals surface area contributed by atoms with Crippen LogP contribution < -0.4 is 10.3 Å². The summed E-state index contributed by atoms with van der Waals surface area (Å²) in [6.45, 7) is 0.579. The summed E-state index contributed by atoms with van der Waals surface area (Å²) in [5.74, 6) is 1.73. The van der Waals surface area contributed by atoms with E-state index in [4.69, 9.17) is 4.74 Å². The number of ether oxygens (including phenoxy) is 1. The molecule has 0 aliphatic heterocycles. The van der Waals surface area contributed by atoms with E-state index < -0.39 is 0 Å². The van der Waals surface area contributed by atoms with Crippen LogP contribution in [0.15, 0.2) is 35.1 Å². The minimum Gasteiger partial charge on any atom is -0.493 e. The van der Waals surface area contributed by atoms with Crippen molar-refractivity contribution >= 4 is 10.9 Å². The molecule has 1 aliphatic rings. The molecule has 136 valence electrons. The number of tetrazole rings is 1. The SMILES string of the molecule is O=c1ccc2c(OCCCc3nnnn3C3CCCCC3)cccc2[nH]1. The molecule has 1 N–H and O–H groups in total. The molecule has 2 aromatic heterocycles. The van der Waals surface area contributed by atoms with Crippen LogP contribution in [0.3, 0.4) is 0 Å². The number of nitrogens with zero attached hydrogens (tertiary/aromatic N) is 4. The number of H-pyrrole nitrogens is 1. The molecule has 1 aromatic carbocycles. The molecule has 0 atom stereocenters. The molecule has 1 aliphatic carbocycles. The van der Waals surface area contributed by atoms with Crippen LogP contribution in [0.5, 0.6) is 5.75 Å². The summed E-state index contributed by atoms with van der Waals surface area (Å²) < 4.78 is 7.96. The molecule has 7 heteroatoms. The maximum atomic E-state index is 11.4. The maximum Gasteiger partial charge on any atom is 0.248 e. The van der Waals surface area contributed by atoms with Crippen LogP contribution in [0.1, 0.15) is 50.4 Å². The van der Waals surface area contributed by atoms with Gasteiger partial charge in [0.15, 0.2) is 5.82 Å². The monoisotopic (exact) mass is 353 g/mol.